The van der Waals surface area contributed by atoms with Gasteiger partial charge in [-0.2, -0.15) is 0 Å². The van der Waals surface area contributed by atoms with Crippen LogP contribution in [0.3, 0.4) is 0 Å². The highest BCUT2D eigenvalue weighted by atomic mass is 16.2. The van der Waals surface area contributed by atoms with Crippen LogP contribution >= 0.6 is 0 Å². The maximum Gasteiger partial charge on any atom is 0.245 e. The number of nitrogens with zero attached hydrogens (tertiary/aromatic N) is 1. The molecule has 1 heterocycles. The fourth-order valence-electron chi connectivity index (χ4n) is 2.66. The number of nitrogens with one attached hydrogen (secondary N) is 1. The van der Waals surface area contributed by atoms with E-state index in [-0.39, 0.29) is 23.9 Å². The van der Waals surface area contributed by atoms with Crippen molar-refractivity contribution in [2.75, 3.05) is 6.54 Å². The zero-order valence-electron chi connectivity index (χ0n) is 11.6. The molecule has 2 rings (SSSR count). The maximum absolute atomic E-state index is 12.5. The maximum atomic E-state index is 12.5. The minimum absolute atomic E-state index is 0.0309. The van der Waals surface area contributed by atoms with Crippen molar-refractivity contribution in [3.8, 4) is 0 Å². The Hall–Kier alpha value is -1.06. The van der Waals surface area contributed by atoms with Crippen LogP contribution in [0.15, 0.2) is 0 Å². The molecule has 2 fully saturated rings. The zero-order chi connectivity index (χ0) is 13.3. The first-order valence-electron chi connectivity index (χ1n) is 7.13. The van der Waals surface area contributed by atoms with E-state index in [2.05, 4.69) is 19.2 Å². The SMILES string of the molecule is CCC1C(=O)NC(CC(C)C)C(=O)N1CC1CC1. The van der Waals surface area contributed by atoms with Gasteiger partial charge in [-0.1, -0.05) is 20.8 Å². The summed E-state index contributed by atoms with van der Waals surface area (Å²) in [5.41, 5.74) is 0. The second-order valence-electron chi connectivity index (χ2n) is 6.05. The van der Waals surface area contributed by atoms with E-state index in [1.54, 1.807) is 0 Å². The van der Waals surface area contributed by atoms with E-state index in [0.29, 0.717) is 18.3 Å². The fraction of sp³-hybridized carbons (Fsp3) is 0.857. The van der Waals surface area contributed by atoms with Gasteiger partial charge in [-0.15, -0.1) is 0 Å². The highest BCUT2D eigenvalue weighted by Crippen LogP contribution is 2.31. The van der Waals surface area contributed by atoms with Crippen LogP contribution in [0.25, 0.3) is 0 Å². The molecule has 0 aromatic rings. The standard InChI is InChI=1S/C14H24N2O2/c1-4-12-13(17)15-11(7-9(2)3)14(18)16(12)8-10-5-6-10/h9-12H,4-8H2,1-3H3,(H,15,17). The molecule has 1 aliphatic heterocycles. The molecular weight excluding hydrogens is 228 g/mol. The Morgan fingerprint density at radius 1 is 1.33 bits per heavy atom. The fourth-order valence-corrected chi connectivity index (χ4v) is 2.66. The number of carbonyl (C=O) groups excluding carboxylic acids is 2. The third-order valence-electron chi connectivity index (χ3n) is 3.82. The topological polar surface area (TPSA) is 49.4 Å². The van der Waals surface area contributed by atoms with Crippen LogP contribution in [0.2, 0.25) is 0 Å². The molecule has 0 radical (unpaired) electrons. The second kappa shape index (κ2) is 5.29. The lowest BCUT2D eigenvalue weighted by Crippen LogP contribution is -2.63. The summed E-state index contributed by atoms with van der Waals surface area (Å²) >= 11 is 0. The largest absolute Gasteiger partial charge is 0.342 e. The molecule has 2 unspecified atom stereocenters. The number of piperazine rings is 1. The summed E-state index contributed by atoms with van der Waals surface area (Å²) in [5, 5.41) is 2.89. The zero-order valence-corrected chi connectivity index (χ0v) is 11.6. The van der Waals surface area contributed by atoms with Gasteiger partial charge < -0.3 is 10.2 Å². The Morgan fingerprint density at radius 2 is 2.00 bits per heavy atom. The molecule has 2 aliphatic rings. The Morgan fingerprint density at radius 3 is 2.50 bits per heavy atom. The van der Waals surface area contributed by atoms with Gasteiger partial charge in [0.1, 0.15) is 12.1 Å². The van der Waals surface area contributed by atoms with Gasteiger partial charge in [0.15, 0.2) is 0 Å². The Kier molecular flexibility index (Phi) is 3.93. The molecule has 2 atom stereocenters. The van der Waals surface area contributed by atoms with Crippen molar-refractivity contribution >= 4 is 11.8 Å². The van der Waals surface area contributed by atoms with E-state index in [1.165, 1.54) is 12.8 Å². The average Bonchev–Trinajstić information content (AvgIpc) is 3.08. The minimum Gasteiger partial charge on any atom is -0.342 e. The van der Waals surface area contributed by atoms with Crippen LogP contribution in [-0.2, 0) is 9.59 Å². The average molecular weight is 252 g/mol. The Balaban J connectivity index is 2.09. The smallest absolute Gasteiger partial charge is 0.245 e. The third-order valence-corrected chi connectivity index (χ3v) is 3.82. The van der Waals surface area contributed by atoms with Crippen LogP contribution in [0.4, 0.5) is 0 Å². The molecule has 4 heteroatoms. The first-order chi connectivity index (χ1) is 8.52. The predicted octanol–water partition coefficient (Wildman–Crippen LogP) is 1.55. The molecule has 4 nitrogen and oxygen atoms in total. The van der Waals surface area contributed by atoms with Crippen molar-refractivity contribution in [2.24, 2.45) is 11.8 Å². The monoisotopic (exact) mass is 252 g/mol. The predicted molar refractivity (Wildman–Crippen MR) is 69.9 cm³/mol. The Bertz CT molecular complexity index is 337. The van der Waals surface area contributed by atoms with Gasteiger partial charge in [0.25, 0.3) is 0 Å². The molecular formula is C14H24N2O2. The van der Waals surface area contributed by atoms with E-state index in [0.717, 1.165) is 13.0 Å². The molecule has 1 saturated heterocycles. The number of hydrogen-bond donors (Lipinski definition) is 1. The van der Waals surface area contributed by atoms with E-state index < -0.39 is 0 Å². The van der Waals surface area contributed by atoms with Gasteiger partial charge in [-0.3, -0.25) is 9.59 Å². The lowest BCUT2D eigenvalue weighted by Gasteiger charge is -2.39. The van der Waals surface area contributed by atoms with Crippen molar-refractivity contribution < 1.29 is 9.59 Å². The van der Waals surface area contributed by atoms with E-state index >= 15 is 0 Å². The van der Waals surface area contributed by atoms with Crippen LogP contribution in [-0.4, -0.2) is 35.3 Å². The molecule has 18 heavy (non-hydrogen) atoms. The molecule has 1 N–H and O–H groups in total. The van der Waals surface area contributed by atoms with E-state index in [9.17, 15) is 9.59 Å². The highest BCUT2D eigenvalue weighted by Gasteiger charge is 2.41. The third kappa shape index (κ3) is 2.85. The summed E-state index contributed by atoms with van der Waals surface area (Å²) in [6.07, 6.45) is 3.86. The van der Waals surface area contributed by atoms with Crippen molar-refractivity contribution in [2.45, 2.75) is 58.5 Å². The molecule has 0 bridgehead atoms. The van der Waals surface area contributed by atoms with Crippen molar-refractivity contribution in [3.63, 3.8) is 0 Å². The van der Waals surface area contributed by atoms with Crippen molar-refractivity contribution in [1.82, 2.24) is 10.2 Å². The van der Waals surface area contributed by atoms with Gasteiger partial charge in [0, 0.05) is 6.54 Å². The molecule has 1 saturated carbocycles. The van der Waals surface area contributed by atoms with Gasteiger partial charge >= 0.3 is 0 Å². The molecule has 102 valence electrons. The summed E-state index contributed by atoms with van der Waals surface area (Å²) in [6.45, 7) is 6.91. The summed E-state index contributed by atoms with van der Waals surface area (Å²) in [7, 11) is 0. The van der Waals surface area contributed by atoms with Gasteiger partial charge in [-0.05, 0) is 37.5 Å². The molecule has 2 amide bonds. The van der Waals surface area contributed by atoms with Crippen LogP contribution in [0.1, 0.15) is 46.5 Å². The van der Waals surface area contributed by atoms with Gasteiger partial charge in [0.2, 0.25) is 11.8 Å². The summed E-state index contributed by atoms with van der Waals surface area (Å²) in [4.78, 5) is 26.4. The molecule has 0 spiro atoms. The number of carbonyl (C=O) groups is 2. The lowest BCUT2D eigenvalue weighted by molar-refractivity contribution is -0.150. The Labute approximate surface area is 109 Å². The van der Waals surface area contributed by atoms with Crippen LogP contribution < -0.4 is 5.32 Å². The van der Waals surface area contributed by atoms with Gasteiger partial charge in [0.05, 0.1) is 0 Å². The quantitative estimate of drug-likeness (QED) is 0.807. The summed E-state index contributed by atoms with van der Waals surface area (Å²) < 4.78 is 0. The minimum atomic E-state index is -0.306. The number of hydrogen-bond acceptors (Lipinski definition) is 2. The van der Waals surface area contributed by atoms with Crippen molar-refractivity contribution in [3.05, 3.63) is 0 Å². The van der Waals surface area contributed by atoms with Crippen molar-refractivity contribution in [1.29, 1.82) is 0 Å². The van der Waals surface area contributed by atoms with E-state index in [4.69, 9.17) is 0 Å². The second-order valence-corrected chi connectivity index (χ2v) is 6.05. The van der Waals surface area contributed by atoms with Crippen LogP contribution in [0.5, 0.6) is 0 Å². The van der Waals surface area contributed by atoms with Gasteiger partial charge in [-0.25, -0.2) is 0 Å². The summed E-state index contributed by atoms with van der Waals surface area (Å²) in [6, 6.07) is -0.555. The molecule has 0 aromatic heterocycles. The molecule has 0 aromatic carbocycles. The van der Waals surface area contributed by atoms with E-state index in [1.807, 2.05) is 11.8 Å². The number of amides is 2. The number of rotatable bonds is 5. The van der Waals surface area contributed by atoms with Crippen LogP contribution in [0, 0.1) is 11.8 Å². The summed E-state index contributed by atoms with van der Waals surface area (Å²) in [5.74, 6) is 1.21. The normalized spacial score (nSPS) is 28.8. The first-order valence-corrected chi connectivity index (χ1v) is 7.13. The lowest BCUT2D eigenvalue weighted by atomic mass is 9.97. The highest BCUT2D eigenvalue weighted by molar-refractivity contribution is 5.96. The first kappa shape index (κ1) is 13.4. The molecule has 1 aliphatic carbocycles.